The van der Waals surface area contributed by atoms with Gasteiger partial charge in [-0.05, 0) is 38.8 Å². The van der Waals surface area contributed by atoms with Gasteiger partial charge in [-0.15, -0.1) is 0 Å². The summed E-state index contributed by atoms with van der Waals surface area (Å²) in [5, 5.41) is 3.37. The van der Waals surface area contributed by atoms with E-state index in [1.165, 1.54) is 32.4 Å². The molecule has 0 spiro atoms. The lowest BCUT2D eigenvalue weighted by atomic mass is 10.0. The van der Waals surface area contributed by atoms with Crippen LogP contribution in [0.2, 0.25) is 0 Å². The first-order valence-electron chi connectivity index (χ1n) is 8.16. The Morgan fingerprint density at radius 2 is 2.05 bits per heavy atom. The molecular formula is C15H27N3O2. The number of nitrogens with zero attached hydrogens (tertiary/aromatic N) is 2. The molecule has 114 valence electrons. The molecule has 2 unspecified atom stereocenters. The average Bonchev–Trinajstić information content (AvgIpc) is 3.03. The largest absolute Gasteiger partial charge is 0.378 e. The third-order valence-corrected chi connectivity index (χ3v) is 4.83. The summed E-state index contributed by atoms with van der Waals surface area (Å²) in [7, 11) is 0. The normalized spacial score (nSPS) is 32.5. The summed E-state index contributed by atoms with van der Waals surface area (Å²) in [6.07, 6.45) is 5.66. The van der Waals surface area contributed by atoms with Crippen LogP contribution < -0.4 is 5.32 Å². The van der Waals surface area contributed by atoms with E-state index in [0.717, 1.165) is 32.7 Å². The Kier molecular flexibility index (Phi) is 4.91. The fourth-order valence-electron chi connectivity index (χ4n) is 3.68. The lowest BCUT2D eigenvalue weighted by Crippen LogP contribution is -2.51. The topological polar surface area (TPSA) is 44.8 Å². The number of hydrogen-bond acceptors (Lipinski definition) is 4. The molecule has 0 radical (unpaired) electrons. The molecule has 0 aromatic rings. The lowest BCUT2D eigenvalue weighted by Gasteiger charge is -2.38. The summed E-state index contributed by atoms with van der Waals surface area (Å²) in [5.41, 5.74) is 0. The summed E-state index contributed by atoms with van der Waals surface area (Å²) in [5.74, 6) is 0.303. The van der Waals surface area contributed by atoms with Gasteiger partial charge in [0.1, 0.15) is 0 Å². The van der Waals surface area contributed by atoms with Crippen molar-refractivity contribution in [3.05, 3.63) is 0 Å². The second-order valence-electron chi connectivity index (χ2n) is 6.31. The van der Waals surface area contributed by atoms with Crippen LogP contribution in [0.3, 0.4) is 0 Å². The molecule has 1 amide bonds. The molecule has 1 N–H and O–H groups in total. The molecule has 0 aromatic carbocycles. The number of likely N-dealkylation sites (tertiary alicyclic amines) is 2. The van der Waals surface area contributed by atoms with Crippen LogP contribution >= 0.6 is 0 Å². The van der Waals surface area contributed by atoms with Gasteiger partial charge in [-0.25, -0.2) is 0 Å². The fraction of sp³-hybridized carbons (Fsp3) is 0.933. The minimum Gasteiger partial charge on any atom is -0.378 e. The maximum Gasteiger partial charge on any atom is 0.224 e. The molecule has 5 nitrogen and oxygen atoms in total. The number of carbonyl (C=O) groups is 1. The van der Waals surface area contributed by atoms with Crippen molar-refractivity contribution in [2.45, 2.75) is 44.2 Å². The lowest BCUT2D eigenvalue weighted by molar-refractivity contribution is -0.134. The Bertz CT molecular complexity index is 325. The van der Waals surface area contributed by atoms with Crippen LogP contribution in [0.5, 0.6) is 0 Å². The summed E-state index contributed by atoms with van der Waals surface area (Å²) >= 11 is 0. The molecule has 20 heavy (non-hydrogen) atoms. The van der Waals surface area contributed by atoms with E-state index in [0.29, 0.717) is 25.0 Å². The predicted octanol–water partition coefficient (Wildman–Crippen LogP) is 0.452. The van der Waals surface area contributed by atoms with Gasteiger partial charge in [0.05, 0.1) is 13.2 Å². The first kappa shape index (κ1) is 14.3. The van der Waals surface area contributed by atoms with E-state index in [2.05, 4.69) is 15.1 Å². The van der Waals surface area contributed by atoms with Gasteiger partial charge in [0.2, 0.25) is 5.91 Å². The van der Waals surface area contributed by atoms with Crippen molar-refractivity contribution in [3.8, 4) is 0 Å². The number of nitrogens with one attached hydrogen (secondary N) is 1. The molecular weight excluding hydrogens is 254 g/mol. The van der Waals surface area contributed by atoms with Crippen molar-refractivity contribution < 1.29 is 9.53 Å². The van der Waals surface area contributed by atoms with E-state index in [1.54, 1.807) is 0 Å². The van der Waals surface area contributed by atoms with Gasteiger partial charge in [0.15, 0.2) is 0 Å². The zero-order valence-corrected chi connectivity index (χ0v) is 12.4. The number of ether oxygens (including phenoxy) is 1. The van der Waals surface area contributed by atoms with E-state index in [-0.39, 0.29) is 6.04 Å². The van der Waals surface area contributed by atoms with E-state index in [4.69, 9.17) is 4.74 Å². The van der Waals surface area contributed by atoms with Crippen molar-refractivity contribution in [2.75, 3.05) is 45.9 Å². The van der Waals surface area contributed by atoms with E-state index < -0.39 is 0 Å². The maximum atomic E-state index is 12.4. The summed E-state index contributed by atoms with van der Waals surface area (Å²) in [6.45, 7) is 6.65. The highest BCUT2D eigenvalue weighted by Crippen LogP contribution is 2.21. The molecule has 3 heterocycles. The number of amides is 1. The molecule has 0 aromatic heterocycles. The Labute approximate surface area is 121 Å². The van der Waals surface area contributed by atoms with Crippen LogP contribution in [0.15, 0.2) is 0 Å². The van der Waals surface area contributed by atoms with Crippen LogP contribution in [-0.4, -0.2) is 73.7 Å². The van der Waals surface area contributed by atoms with Crippen molar-refractivity contribution in [2.24, 2.45) is 0 Å². The van der Waals surface area contributed by atoms with Crippen molar-refractivity contribution in [1.29, 1.82) is 0 Å². The zero-order chi connectivity index (χ0) is 13.8. The standard InChI is InChI=1S/C15H27N3O2/c19-15(10-13-12-20-9-5-16-13)18-8-3-4-14(11-18)17-6-1-2-7-17/h13-14,16H,1-12H2. The second-order valence-corrected chi connectivity index (χ2v) is 6.31. The van der Waals surface area contributed by atoms with E-state index in [9.17, 15) is 4.79 Å². The van der Waals surface area contributed by atoms with Crippen LogP contribution in [0.4, 0.5) is 0 Å². The van der Waals surface area contributed by atoms with E-state index >= 15 is 0 Å². The second kappa shape index (κ2) is 6.87. The summed E-state index contributed by atoms with van der Waals surface area (Å²) in [6, 6.07) is 0.814. The van der Waals surface area contributed by atoms with Gasteiger partial charge in [-0.3, -0.25) is 9.69 Å². The zero-order valence-electron chi connectivity index (χ0n) is 12.4. The molecule has 3 fully saturated rings. The molecule has 2 atom stereocenters. The average molecular weight is 281 g/mol. The Balaban J connectivity index is 1.49. The van der Waals surface area contributed by atoms with Crippen LogP contribution in [0.1, 0.15) is 32.1 Å². The van der Waals surface area contributed by atoms with Crippen LogP contribution in [0.25, 0.3) is 0 Å². The number of rotatable bonds is 3. The molecule has 0 saturated carbocycles. The SMILES string of the molecule is O=C(CC1COCCN1)N1CCCC(N2CCCC2)C1. The van der Waals surface area contributed by atoms with Crippen molar-refractivity contribution >= 4 is 5.91 Å². The van der Waals surface area contributed by atoms with Gasteiger partial charge < -0.3 is 15.0 Å². The van der Waals surface area contributed by atoms with Crippen molar-refractivity contribution in [3.63, 3.8) is 0 Å². The molecule has 3 rings (SSSR count). The molecule has 0 bridgehead atoms. The number of piperidine rings is 1. The number of carbonyl (C=O) groups excluding carboxylic acids is 1. The summed E-state index contributed by atoms with van der Waals surface area (Å²) < 4.78 is 5.43. The van der Waals surface area contributed by atoms with Crippen molar-refractivity contribution in [1.82, 2.24) is 15.1 Å². The number of morpholine rings is 1. The third-order valence-electron chi connectivity index (χ3n) is 4.83. The number of hydrogen-bond donors (Lipinski definition) is 1. The Hall–Kier alpha value is -0.650. The predicted molar refractivity (Wildman–Crippen MR) is 77.6 cm³/mol. The first-order chi connectivity index (χ1) is 9.83. The van der Waals surface area contributed by atoms with Gasteiger partial charge in [-0.2, -0.15) is 0 Å². The molecule has 3 aliphatic rings. The van der Waals surface area contributed by atoms with Gasteiger partial charge in [0, 0.05) is 38.1 Å². The first-order valence-corrected chi connectivity index (χ1v) is 8.16. The van der Waals surface area contributed by atoms with Gasteiger partial charge >= 0.3 is 0 Å². The summed E-state index contributed by atoms with van der Waals surface area (Å²) in [4.78, 5) is 17.1. The van der Waals surface area contributed by atoms with Crippen LogP contribution in [0, 0.1) is 0 Å². The molecule has 3 saturated heterocycles. The van der Waals surface area contributed by atoms with Gasteiger partial charge in [-0.1, -0.05) is 0 Å². The van der Waals surface area contributed by atoms with Gasteiger partial charge in [0.25, 0.3) is 0 Å². The smallest absolute Gasteiger partial charge is 0.224 e. The Morgan fingerprint density at radius 1 is 1.20 bits per heavy atom. The molecule has 5 heteroatoms. The molecule has 3 aliphatic heterocycles. The highest BCUT2D eigenvalue weighted by atomic mass is 16.5. The highest BCUT2D eigenvalue weighted by Gasteiger charge is 2.30. The highest BCUT2D eigenvalue weighted by molar-refractivity contribution is 5.77. The third kappa shape index (κ3) is 3.51. The molecule has 0 aliphatic carbocycles. The quantitative estimate of drug-likeness (QED) is 0.816. The maximum absolute atomic E-state index is 12.4. The minimum absolute atomic E-state index is 0.211. The van der Waals surface area contributed by atoms with Crippen LogP contribution in [-0.2, 0) is 9.53 Å². The minimum atomic E-state index is 0.211. The van der Waals surface area contributed by atoms with E-state index in [1.807, 2.05) is 0 Å². The Morgan fingerprint density at radius 3 is 2.80 bits per heavy atom. The monoisotopic (exact) mass is 281 g/mol. The fourth-order valence-corrected chi connectivity index (χ4v) is 3.68.